The van der Waals surface area contributed by atoms with Crippen molar-refractivity contribution in [3.63, 3.8) is 0 Å². The molecule has 0 radical (unpaired) electrons. The number of fused-ring (bicyclic) bond motifs is 11. The summed E-state index contributed by atoms with van der Waals surface area (Å²) in [7, 11) is 0. The highest BCUT2D eigenvalue weighted by Crippen LogP contribution is 2.47. The fourth-order valence-corrected chi connectivity index (χ4v) is 11.0. The lowest BCUT2D eigenvalue weighted by atomic mass is 9.32. The summed E-state index contributed by atoms with van der Waals surface area (Å²) in [6.45, 7) is -0.0309. The number of anilines is 6. The number of hydrogen-bond acceptors (Lipinski definition) is 5. The van der Waals surface area contributed by atoms with Crippen LogP contribution in [-0.2, 0) is 0 Å². The Labute approximate surface area is 322 Å². The Kier molecular flexibility index (Phi) is 5.91. The van der Waals surface area contributed by atoms with Crippen molar-refractivity contribution < 1.29 is 9.47 Å². The highest BCUT2D eigenvalue weighted by atomic mass is 32.1. The molecule has 1 aromatic heterocycles. The van der Waals surface area contributed by atoms with E-state index >= 15 is 0 Å². The number of hydrogen-bond donors (Lipinski definition) is 0. The number of thiophene rings is 1. The maximum atomic E-state index is 6.96. The second-order valence-corrected chi connectivity index (χ2v) is 15.9. The van der Waals surface area contributed by atoms with Gasteiger partial charge in [0.25, 0.3) is 13.4 Å². The molecule has 0 N–H and O–H groups in total. The highest BCUT2D eigenvalue weighted by Gasteiger charge is 2.47. The standard InChI is InChI=1S/C48H28B2N2O2S/c1-3-15-31(16-4-1)51-37-20-10-9-19-34(37)49-35-27-36-43(28-42(35)53-40-23-11-21-38(51)45(40)49)54-41-24-12-22-39-46(41)50(36)48-47(52(39)32-17-5-2-6-18-32)33-25-29-13-7-8-14-30(29)26-44(33)55-48/h1-28H. The number of para-hydroxylation sites is 3. The molecule has 0 amide bonds. The Hall–Kier alpha value is -6.69. The molecule has 0 fully saturated rings. The number of ether oxygens (including phenoxy) is 2. The number of rotatable bonds is 2. The summed E-state index contributed by atoms with van der Waals surface area (Å²) < 4.78 is 16.5. The zero-order valence-electron chi connectivity index (χ0n) is 29.4. The van der Waals surface area contributed by atoms with Crippen molar-refractivity contribution in [2.24, 2.45) is 0 Å². The summed E-state index contributed by atoms with van der Waals surface area (Å²) in [5.41, 5.74) is 13.0. The maximum Gasteiger partial charge on any atom is 0.268 e. The number of nitrogens with zero attached hydrogens (tertiary/aromatic N) is 2. The van der Waals surface area contributed by atoms with Gasteiger partial charge in [0, 0.05) is 49.4 Å². The first-order valence-electron chi connectivity index (χ1n) is 18.8. The Morgan fingerprint density at radius 1 is 0.418 bits per heavy atom. The minimum Gasteiger partial charge on any atom is -0.458 e. The molecule has 0 spiro atoms. The first-order chi connectivity index (χ1) is 27.3. The Morgan fingerprint density at radius 3 is 1.71 bits per heavy atom. The Balaban J connectivity index is 1.07. The van der Waals surface area contributed by atoms with Gasteiger partial charge in [0.1, 0.15) is 23.0 Å². The van der Waals surface area contributed by atoms with Crippen molar-refractivity contribution in [2.45, 2.75) is 0 Å². The van der Waals surface area contributed by atoms with Crippen LogP contribution >= 0.6 is 11.3 Å². The van der Waals surface area contributed by atoms with Crippen LogP contribution in [0.3, 0.4) is 0 Å². The molecule has 13 rings (SSSR count). The topological polar surface area (TPSA) is 24.9 Å². The van der Waals surface area contributed by atoms with Crippen LogP contribution in [0.15, 0.2) is 170 Å². The highest BCUT2D eigenvalue weighted by molar-refractivity contribution is 7.33. The molecular weight excluding hydrogens is 690 g/mol. The van der Waals surface area contributed by atoms with Gasteiger partial charge in [-0.1, -0.05) is 97.1 Å². The third-order valence-corrected chi connectivity index (χ3v) is 13.1. The van der Waals surface area contributed by atoms with Gasteiger partial charge >= 0.3 is 0 Å². The van der Waals surface area contributed by atoms with Crippen LogP contribution in [-0.4, -0.2) is 13.4 Å². The molecule has 0 atom stereocenters. The largest absolute Gasteiger partial charge is 0.458 e. The normalized spacial score (nSPS) is 14.0. The van der Waals surface area contributed by atoms with E-state index < -0.39 is 0 Å². The van der Waals surface area contributed by atoms with Crippen LogP contribution in [0.4, 0.5) is 34.1 Å². The third kappa shape index (κ3) is 4.03. The van der Waals surface area contributed by atoms with Crippen molar-refractivity contribution in [2.75, 3.05) is 9.80 Å². The summed E-state index contributed by atoms with van der Waals surface area (Å²) in [5.74, 6) is 3.48. The minimum absolute atomic E-state index is 0.00959. The number of benzene rings is 8. The van der Waals surface area contributed by atoms with E-state index in [-0.39, 0.29) is 13.4 Å². The fraction of sp³-hybridized carbons (Fsp3) is 0. The molecule has 0 bridgehead atoms. The zero-order chi connectivity index (χ0) is 35.8. The van der Waals surface area contributed by atoms with Crippen LogP contribution in [0.1, 0.15) is 0 Å². The predicted molar refractivity (Wildman–Crippen MR) is 231 cm³/mol. The molecular formula is C48H28B2N2O2S. The van der Waals surface area contributed by atoms with Crippen LogP contribution in [0, 0.1) is 0 Å². The summed E-state index contributed by atoms with van der Waals surface area (Å²) in [6.07, 6.45) is 0. The molecule has 4 aliphatic heterocycles. The quantitative estimate of drug-likeness (QED) is 0.167. The summed E-state index contributed by atoms with van der Waals surface area (Å²) >= 11 is 1.91. The third-order valence-electron chi connectivity index (χ3n) is 11.9. The van der Waals surface area contributed by atoms with Crippen LogP contribution in [0.25, 0.3) is 20.9 Å². The van der Waals surface area contributed by atoms with E-state index in [9.17, 15) is 0 Å². The first kappa shape index (κ1) is 29.7. The summed E-state index contributed by atoms with van der Waals surface area (Å²) in [4.78, 5) is 4.85. The summed E-state index contributed by atoms with van der Waals surface area (Å²) in [5, 5.41) is 3.78. The van der Waals surface area contributed by atoms with Gasteiger partial charge in [0.2, 0.25) is 0 Å². The van der Waals surface area contributed by atoms with Gasteiger partial charge in [-0.15, -0.1) is 11.3 Å². The molecule has 5 heterocycles. The second-order valence-electron chi connectivity index (χ2n) is 14.8. The van der Waals surface area contributed by atoms with E-state index in [1.165, 1.54) is 64.3 Å². The van der Waals surface area contributed by atoms with Gasteiger partial charge in [-0.2, -0.15) is 0 Å². The smallest absolute Gasteiger partial charge is 0.268 e. The minimum atomic E-state index is -0.0213. The van der Waals surface area contributed by atoms with Crippen molar-refractivity contribution in [3.8, 4) is 23.0 Å². The van der Waals surface area contributed by atoms with Gasteiger partial charge in [-0.3, -0.25) is 0 Å². The van der Waals surface area contributed by atoms with E-state index in [4.69, 9.17) is 9.47 Å². The molecule has 7 heteroatoms. The predicted octanol–water partition coefficient (Wildman–Crippen LogP) is 8.86. The van der Waals surface area contributed by atoms with Crippen molar-refractivity contribution >= 4 is 112 Å². The monoisotopic (exact) mass is 718 g/mol. The molecule has 0 saturated carbocycles. The average Bonchev–Trinajstić information content (AvgIpc) is 3.60. The molecule has 254 valence electrons. The van der Waals surface area contributed by atoms with E-state index in [0.29, 0.717) is 0 Å². The maximum absolute atomic E-state index is 6.96. The van der Waals surface area contributed by atoms with E-state index in [1.807, 2.05) is 11.3 Å². The lowest BCUT2D eigenvalue weighted by Crippen LogP contribution is -2.62. The molecule has 4 nitrogen and oxygen atoms in total. The van der Waals surface area contributed by atoms with Crippen molar-refractivity contribution in [1.82, 2.24) is 0 Å². The van der Waals surface area contributed by atoms with Crippen molar-refractivity contribution in [3.05, 3.63) is 170 Å². The molecule has 0 unspecified atom stereocenters. The second kappa shape index (κ2) is 10.9. The zero-order valence-corrected chi connectivity index (χ0v) is 30.3. The molecule has 9 aromatic rings. The average molecular weight is 718 g/mol. The molecule has 0 aliphatic carbocycles. The summed E-state index contributed by atoms with van der Waals surface area (Å²) in [6, 6.07) is 61.3. The van der Waals surface area contributed by atoms with E-state index in [0.717, 1.165) is 45.7 Å². The van der Waals surface area contributed by atoms with E-state index in [1.54, 1.807) is 0 Å². The lowest BCUT2D eigenvalue weighted by molar-refractivity contribution is 0.466. The van der Waals surface area contributed by atoms with Crippen LogP contribution in [0.2, 0.25) is 0 Å². The van der Waals surface area contributed by atoms with Gasteiger partial charge in [0.15, 0.2) is 0 Å². The molecule has 4 aliphatic rings. The Morgan fingerprint density at radius 2 is 0.982 bits per heavy atom. The van der Waals surface area contributed by atoms with Gasteiger partial charge < -0.3 is 19.3 Å². The van der Waals surface area contributed by atoms with Gasteiger partial charge in [-0.05, 0) is 105 Å². The SMILES string of the molecule is c1ccc(N2c3ccccc3B3c4cc5c(cc4Oc4cccc2c43)Oc2cccc3c2B5c2sc4cc5ccccc5cc4c2N3c2ccccc2)cc1. The van der Waals surface area contributed by atoms with E-state index in [2.05, 4.69) is 180 Å². The van der Waals surface area contributed by atoms with Gasteiger partial charge in [-0.25, -0.2) is 0 Å². The lowest BCUT2D eigenvalue weighted by Gasteiger charge is -2.41. The van der Waals surface area contributed by atoms with Crippen molar-refractivity contribution in [1.29, 1.82) is 0 Å². The molecule has 0 saturated heterocycles. The van der Waals surface area contributed by atoms with Crippen LogP contribution in [0.5, 0.6) is 23.0 Å². The molecule has 55 heavy (non-hydrogen) atoms. The molecule has 8 aromatic carbocycles. The Bertz CT molecular complexity index is 3090. The van der Waals surface area contributed by atoms with Crippen LogP contribution < -0.4 is 51.4 Å². The fourth-order valence-electron chi connectivity index (χ4n) is 9.68. The first-order valence-corrected chi connectivity index (χ1v) is 19.6. The van der Waals surface area contributed by atoms with Gasteiger partial charge in [0.05, 0.1) is 5.69 Å².